The molecule has 1 heterocycles. The molecule has 0 saturated heterocycles. The zero-order valence-electron chi connectivity index (χ0n) is 12.0. The number of carbonyl (C=O) groups excluding carboxylic acids is 1. The molecule has 0 aliphatic carbocycles. The molecule has 0 radical (unpaired) electrons. The van der Waals surface area contributed by atoms with Crippen LogP contribution in [0.5, 0.6) is 0 Å². The lowest BCUT2D eigenvalue weighted by Gasteiger charge is -2.21. The lowest BCUT2D eigenvalue weighted by Crippen LogP contribution is -2.34. The summed E-state index contributed by atoms with van der Waals surface area (Å²) in [5.41, 5.74) is 8.16. The van der Waals surface area contributed by atoms with E-state index < -0.39 is 0 Å². The second-order valence-corrected chi connectivity index (χ2v) is 5.03. The largest absolute Gasteiger partial charge is 0.396 e. The van der Waals surface area contributed by atoms with Gasteiger partial charge >= 0.3 is 0 Å². The number of aromatic nitrogens is 2. The standard InChI is InChI=1S/C13H24N4O/c1-6-9(2)7-16(5)12(18)8-17-11(4)13(14)10(3)15-17/h9H,6-8,14H2,1-5H3. The molecule has 1 aromatic heterocycles. The Bertz CT molecular complexity index is 425. The first kappa shape index (κ1) is 14.5. The molecule has 1 atom stereocenters. The minimum Gasteiger partial charge on any atom is -0.396 e. The van der Waals surface area contributed by atoms with Crippen molar-refractivity contribution >= 4 is 11.6 Å². The third-order valence-corrected chi connectivity index (χ3v) is 3.43. The van der Waals surface area contributed by atoms with E-state index in [1.807, 2.05) is 20.9 Å². The smallest absolute Gasteiger partial charge is 0.244 e. The molecule has 1 aromatic rings. The van der Waals surface area contributed by atoms with Gasteiger partial charge < -0.3 is 10.6 Å². The number of anilines is 1. The van der Waals surface area contributed by atoms with E-state index in [4.69, 9.17) is 5.73 Å². The van der Waals surface area contributed by atoms with Crippen molar-refractivity contribution in [2.75, 3.05) is 19.3 Å². The lowest BCUT2D eigenvalue weighted by atomic mass is 10.1. The Morgan fingerprint density at radius 2 is 2.11 bits per heavy atom. The van der Waals surface area contributed by atoms with Crippen molar-refractivity contribution in [3.05, 3.63) is 11.4 Å². The third-order valence-electron chi connectivity index (χ3n) is 3.43. The second-order valence-electron chi connectivity index (χ2n) is 5.03. The molecule has 2 N–H and O–H groups in total. The molecule has 0 saturated carbocycles. The maximum absolute atomic E-state index is 12.1. The quantitative estimate of drug-likeness (QED) is 0.865. The second kappa shape index (κ2) is 5.89. The molecule has 102 valence electrons. The molecule has 1 amide bonds. The van der Waals surface area contributed by atoms with Crippen LogP contribution in [0.15, 0.2) is 0 Å². The van der Waals surface area contributed by atoms with Gasteiger partial charge in [-0.3, -0.25) is 9.48 Å². The van der Waals surface area contributed by atoms with Crippen molar-refractivity contribution in [3.63, 3.8) is 0 Å². The highest BCUT2D eigenvalue weighted by molar-refractivity contribution is 5.75. The molecule has 0 spiro atoms. The van der Waals surface area contributed by atoms with Gasteiger partial charge in [0.1, 0.15) is 6.54 Å². The van der Waals surface area contributed by atoms with Crippen molar-refractivity contribution in [2.45, 2.75) is 40.7 Å². The number of likely N-dealkylation sites (N-methyl/N-ethyl adjacent to an activating group) is 1. The molecule has 0 aromatic carbocycles. The third kappa shape index (κ3) is 3.24. The van der Waals surface area contributed by atoms with Crippen molar-refractivity contribution < 1.29 is 4.79 Å². The van der Waals surface area contributed by atoms with Crippen LogP contribution in [0.4, 0.5) is 5.69 Å². The predicted molar refractivity (Wildman–Crippen MR) is 73.2 cm³/mol. The lowest BCUT2D eigenvalue weighted by molar-refractivity contribution is -0.131. The Balaban J connectivity index is 2.67. The number of rotatable bonds is 5. The van der Waals surface area contributed by atoms with E-state index in [-0.39, 0.29) is 12.5 Å². The fraction of sp³-hybridized carbons (Fsp3) is 0.692. The average molecular weight is 252 g/mol. The Labute approximate surface area is 109 Å². The topological polar surface area (TPSA) is 64.2 Å². The van der Waals surface area contributed by atoms with Crippen molar-refractivity contribution in [2.24, 2.45) is 5.92 Å². The summed E-state index contributed by atoms with van der Waals surface area (Å²) >= 11 is 0. The van der Waals surface area contributed by atoms with E-state index >= 15 is 0 Å². The molecule has 1 unspecified atom stereocenters. The van der Waals surface area contributed by atoms with Crippen molar-refractivity contribution in [1.82, 2.24) is 14.7 Å². The summed E-state index contributed by atoms with van der Waals surface area (Å²) in [7, 11) is 1.84. The van der Waals surface area contributed by atoms with E-state index in [0.717, 1.165) is 24.4 Å². The zero-order valence-corrected chi connectivity index (χ0v) is 12.0. The molecule has 1 rings (SSSR count). The normalized spacial score (nSPS) is 12.5. The van der Waals surface area contributed by atoms with Crippen LogP contribution in [0.1, 0.15) is 31.7 Å². The first-order valence-electron chi connectivity index (χ1n) is 6.40. The summed E-state index contributed by atoms with van der Waals surface area (Å²) in [6, 6.07) is 0. The van der Waals surface area contributed by atoms with Crippen LogP contribution in [0.3, 0.4) is 0 Å². The molecule has 0 fully saturated rings. The maximum atomic E-state index is 12.1. The van der Waals surface area contributed by atoms with Gasteiger partial charge in [0.05, 0.1) is 17.1 Å². The predicted octanol–water partition coefficient (Wildman–Crippen LogP) is 1.59. The van der Waals surface area contributed by atoms with Crippen LogP contribution in [0.2, 0.25) is 0 Å². The number of nitrogen functional groups attached to an aromatic ring is 1. The molecule has 0 aliphatic heterocycles. The highest BCUT2D eigenvalue weighted by Gasteiger charge is 2.15. The number of hydrogen-bond acceptors (Lipinski definition) is 3. The van der Waals surface area contributed by atoms with Crippen LogP contribution in [-0.2, 0) is 11.3 Å². The minimum absolute atomic E-state index is 0.0703. The molecule has 0 bridgehead atoms. The van der Waals surface area contributed by atoms with Gasteiger partial charge in [-0.15, -0.1) is 0 Å². The fourth-order valence-corrected chi connectivity index (χ4v) is 1.81. The van der Waals surface area contributed by atoms with Gasteiger partial charge in [-0.1, -0.05) is 20.3 Å². The van der Waals surface area contributed by atoms with Crippen molar-refractivity contribution in [3.8, 4) is 0 Å². The Hall–Kier alpha value is -1.52. The number of hydrogen-bond donors (Lipinski definition) is 1. The van der Waals surface area contributed by atoms with E-state index in [1.54, 1.807) is 9.58 Å². The van der Waals surface area contributed by atoms with Crippen molar-refractivity contribution in [1.29, 1.82) is 0 Å². The summed E-state index contributed by atoms with van der Waals surface area (Å²) < 4.78 is 1.68. The van der Waals surface area contributed by atoms with Crippen LogP contribution in [0, 0.1) is 19.8 Å². The van der Waals surface area contributed by atoms with Gasteiger partial charge in [0, 0.05) is 13.6 Å². The van der Waals surface area contributed by atoms with Gasteiger partial charge in [-0.05, 0) is 19.8 Å². The summed E-state index contributed by atoms with van der Waals surface area (Å²) in [5, 5.41) is 4.28. The fourth-order valence-electron chi connectivity index (χ4n) is 1.81. The van der Waals surface area contributed by atoms with E-state index in [9.17, 15) is 4.79 Å². The van der Waals surface area contributed by atoms with Gasteiger partial charge in [0.25, 0.3) is 0 Å². The molecular weight excluding hydrogens is 228 g/mol. The zero-order chi connectivity index (χ0) is 13.9. The van der Waals surface area contributed by atoms with E-state index in [0.29, 0.717) is 11.6 Å². The Morgan fingerprint density at radius 3 is 2.56 bits per heavy atom. The van der Waals surface area contributed by atoms with E-state index in [2.05, 4.69) is 18.9 Å². The molecule has 5 nitrogen and oxygen atoms in total. The monoisotopic (exact) mass is 252 g/mol. The Morgan fingerprint density at radius 1 is 1.50 bits per heavy atom. The molecule has 5 heteroatoms. The van der Waals surface area contributed by atoms with Gasteiger partial charge in [0.2, 0.25) is 5.91 Å². The molecular formula is C13H24N4O. The number of aryl methyl sites for hydroxylation is 1. The maximum Gasteiger partial charge on any atom is 0.244 e. The van der Waals surface area contributed by atoms with Crippen LogP contribution >= 0.6 is 0 Å². The number of carbonyl (C=O) groups is 1. The van der Waals surface area contributed by atoms with E-state index in [1.165, 1.54) is 0 Å². The number of amides is 1. The Kier molecular flexibility index (Phi) is 4.76. The highest BCUT2D eigenvalue weighted by atomic mass is 16.2. The first-order valence-corrected chi connectivity index (χ1v) is 6.40. The minimum atomic E-state index is 0.0703. The van der Waals surface area contributed by atoms with Crippen LogP contribution in [0.25, 0.3) is 0 Å². The summed E-state index contributed by atoms with van der Waals surface area (Å²) in [6.45, 7) is 9.06. The van der Waals surface area contributed by atoms with Crippen LogP contribution in [-0.4, -0.2) is 34.2 Å². The molecule has 18 heavy (non-hydrogen) atoms. The summed E-state index contributed by atoms with van der Waals surface area (Å²) in [5.74, 6) is 0.588. The average Bonchev–Trinajstić information content (AvgIpc) is 2.56. The molecule has 0 aliphatic rings. The SMILES string of the molecule is CCC(C)CN(C)C(=O)Cn1nc(C)c(N)c1C. The van der Waals surface area contributed by atoms with Gasteiger partial charge in [-0.25, -0.2) is 0 Å². The number of nitrogens with zero attached hydrogens (tertiary/aromatic N) is 3. The van der Waals surface area contributed by atoms with Gasteiger partial charge in [-0.2, -0.15) is 5.10 Å². The van der Waals surface area contributed by atoms with Crippen LogP contribution < -0.4 is 5.73 Å². The first-order chi connectivity index (χ1) is 8.36. The summed E-state index contributed by atoms with van der Waals surface area (Å²) in [6.07, 6.45) is 1.07. The highest BCUT2D eigenvalue weighted by Crippen LogP contribution is 2.14. The number of nitrogens with two attached hydrogens (primary N) is 1. The summed E-state index contributed by atoms with van der Waals surface area (Å²) in [4.78, 5) is 13.8. The van der Waals surface area contributed by atoms with Gasteiger partial charge in [0.15, 0.2) is 0 Å².